The highest BCUT2D eigenvalue weighted by Gasteiger charge is 2.14. The van der Waals surface area contributed by atoms with Gasteiger partial charge in [-0.3, -0.25) is 9.59 Å². The number of oxazole rings is 1. The highest BCUT2D eigenvalue weighted by atomic mass is 35.5. The van der Waals surface area contributed by atoms with E-state index in [-0.39, 0.29) is 31.9 Å². The van der Waals surface area contributed by atoms with Crippen LogP contribution >= 0.6 is 23.2 Å². The lowest BCUT2D eigenvalue weighted by molar-refractivity contribution is -0.123. The summed E-state index contributed by atoms with van der Waals surface area (Å²) >= 11 is 11.7. The standard InChI is InChI=1S/C22H21Cl2N3O5/c23-17-7-6-16(10-18(17)24)31-13-20(29)26-11-15(28)8-9-25-21(30)19-12-27-22(32-19)14-4-2-1-3-5-14/h1-7,10,12,15,28H,8-9,11,13H2,(H,25,30)(H,26,29)/t15-/m0/s1. The number of carbonyl (C=O) groups excluding carboxylic acids is 2. The molecule has 10 heteroatoms. The van der Waals surface area contributed by atoms with Gasteiger partial charge < -0.3 is 24.9 Å². The van der Waals surface area contributed by atoms with E-state index in [1.807, 2.05) is 30.3 Å². The number of nitrogens with zero attached hydrogens (tertiary/aromatic N) is 1. The van der Waals surface area contributed by atoms with Gasteiger partial charge >= 0.3 is 0 Å². The van der Waals surface area contributed by atoms with Crippen LogP contribution in [0.5, 0.6) is 5.75 Å². The lowest BCUT2D eigenvalue weighted by Crippen LogP contribution is -2.37. The largest absolute Gasteiger partial charge is 0.484 e. The highest BCUT2D eigenvalue weighted by molar-refractivity contribution is 6.42. The third-order valence-corrected chi connectivity index (χ3v) is 5.05. The number of aromatic nitrogens is 1. The predicted molar refractivity (Wildman–Crippen MR) is 120 cm³/mol. The molecule has 0 aliphatic carbocycles. The summed E-state index contributed by atoms with van der Waals surface area (Å²) in [5.41, 5.74) is 0.765. The van der Waals surface area contributed by atoms with Gasteiger partial charge in [0.25, 0.3) is 11.8 Å². The molecule has 0 aliphatic heterocycles. The molecule has 32 heavy (non-hydrogen) atoms. The van der Waals surface area contributed by atoms with Gasteiger partial charge in [-0.25, -0.2) is 4.98 Å². The summed E-state index contributed by atoms with van der Waals surface area (Å²) < 4.78 is 10.8. The summed E-state index contributed by atoms with van der Waals surface area (Å²) in [5, 5.41) is 15.9. The maximum atomic E-state index is 12.2. The molecule has 0 saturated heterocycles. The quantitative estimate of drug-likeness (QED) is 0.412. The van der Waals surface area contributed by atoms with E-state index in [2.05, 4.69) is 15.6 Å². The number of amides is 2. The maximum absolute atomic E-state index is 12.2. The van der Waals surface area contributed by atoms with Crippen LogP contribution in [-0.2, 0) is 4.79 Å². The van der Waals surface area contributed by atoms with Crippen molar-refractivity contribution in [2.75, 3.05) is 19.7 Å². The van der Waals surface area contributed by atoms with Crippen molar-refractivity contribution in [1.29, 1.82) is 0 Å². The van der Waals surface area contributed by atoms with E-state index in [1.54, 1.807) is 12.1 Å². The Labute approximate surface area is 194 Å². The van der Waals surface area contributed by atoms with E-state index in [1.165, 1.54) is 12.3 Å². The highest BCUT2D eigenvalue weighted by Crippen LogP contribution is 2.26. The molecule has 2 amide bonds. The topological polar surface area (TPSA) is 114 Å². The van der Waals surface area contributed by atoms with Crippen LogP contribution in [0.3, 0.4) is 0 Å². The molecule has 0 saturated carbocycles. The van der Waals surface area contributed by atoms with Crippen molar-refractivity contribution in [1.82, 2.24) is 15.6 Å². The monoisotopic (exact) mass is 477 g/mol. The third-order valence-electron chi connectivity index (χ3n) is 4.31. The van der Waals surface area contributed by atoms with E-state index in [0.29, 0.717) is 21.7 Å². The van der Waals surface area contributed by atoms with Crippen molar-refractivity contribution in [2.45, 2.75) is 12.5 Å². The van der Waals surface area contributed by atoms with E-state index < -0.39 is 17.9 Å². The Morgan fingerprint density at radius 3 is 2.62 bits per heavy atom. The molecule has 0 unspecified atom stereocenters. The fraction of sp³-hybridized carbons (Fsp3) is 0.227. The number of aliphatic hydroxyl groups excluding tert-OH is 1. The second-order valence-electron chi connectivity index (χ2n) is 6.76. The van der Waals surface area contributed by atoms with Gasteiger partial charge in [0.1, 0.15) is 5.75 Å². The number of carbonyl (C=O) groups is 2. The zero-order valence-electron chi connectivity index (χ0n) is 16.9. The summed E-state index contributed by atoms with van der Waals surface area (Å²) in [5.74, 6) is -0.0199. The molecular weight excluding hydrogens is 457 g/mol. The van der Waals surface area contributed by atoms with Crippen LogP contribution in [-0.4, -0.2) is 47.7 Å². The van der Waals surface area contributed by atoms with Crippen molar-refractivity contribution < 1.29 is 23.8 Å². The van der Waals surface area contributed by atoms with Gasteiger partial charge in [-0.2, -0.15) is 0 Å². The van der Waals surface area contributed by atoms with Gasteiger partial charge in [-0.15, -0.1) is 0 Å². The van der Waals surface area contributed by atoms with Crippen LogP contribution in [0, 0.1) is 0 Å². The van der Waals surface area contributed by atoms with Crippen LogP contribution in [0.15, 0.2) is 59.1 Å². The molecule has 0 aliphatic rings. The number of hydrogen-bond donors (Lipinski definition) is 3. The molecular formula is C22H21Cl2N3O5. The summed E-state index contributed by atoms with van der Waals surface area (Å²) in [7, 11) is 0. The van der Waals surface area contributed by atoms with Gasteiger partial charge in [0.15, 0.2) is 6.61 Å². The van der Waals surface area contributed by atoms with Crippen LogP contribution in [0.25, 0.3) is 11.5 Å². The van der Waals surface area contributed by atoms with Gasteiger partial charge in [0, 0.05) is 24.7 Å². The van der Waals surface area contributed by atoms with Crippen molar-refractivity contribution >= 4 is 35.0 Å². The molecule has 1 atom stereocenters. The molecule has 2 aromatic carbocycles. The summed E-state index contributed by atoms with van der Waals surface area (Å²) in [6.07, 6.45) is 0.737. The van der Waals surface area contributed by atoms with Gasteiger partial charge in [-0.05, 0) is 30.7 Å². The lowest BCUT2D eigenvalue weighted by atomic mass is 10.2. The van der Waals surface area contributed by atoms with Crippen molar-refractivity contribution in [3.63, 3.8) is 0 Å². The summed E-state index contributed by atoms with van der Waals surface area (Å²) in [4.78, 5) is 28.1. The molecule has 3 rings (SSSR count). The normalized spacial score (nSPS) is 11.6. The lowest BCUT2D eigenvalue weighted by Gasteiger charge is -2.13. The minimum absolute atomic E-state index is 0.0138. The molecule has 0 bridgehead atoms. The Bertz CT molecular complexity index is 1060. The fourth-order valence-corrected chi connectivity index (χ4v) is 2.92. The van der Waals surface area contributed by atoms with E-state index >= 15 is 0 Å². The average Bonchev–Trinajstić information content (AvgIpc) is 3.29. The van der Waals surface area contributed by atoms with E-state index in [9.17, 15) is 14.7 Å². The first-order valence-corrected chi connectivity index (χ1v) is 10.5. The SMILES string of the molecule is O=C(COc1ccc(Cl)c(Cl)c1)NC[C@@H](O)CCNC(=O)c1cnc(-c2ccccc2)o1. The maximum Gasteiger partial charge on any atom is 0.288 e. The number of aliphatic hydroxyl groups is 1. The molecule has 3 aromatic rings. The Morgan fingerprint density at radius 2 is 1.88 bits per heavy atom. The third kappa shape index (κ3) is 6.98. The van der Waals surface area contributed by atoms with Crippen LogP contribution in [0.4, 0.5) is 0 Å². The molecule has 1 heterocycles. The second kappa shape index (κ2) is 11.5. The van der Waals surface area contributed by atoms with Crippen LogP contribution in [0.1, 0.15) is 17.0 Å². The molecule has 0 fully saturated rings. The van der Waals surface area contributed by atoms with Gasteiger partial charge in [0.2, 0.25) is 11.7 Å². The Hall–Kier alpha value is -3.07. The summed E-state index contributed by atoms with van der Waals surface area (Å²) in [6, 6.07) is 13.9. The smallest absolute Gasteiger partial charge is 0.288 e. The van der Waals surface area contributed by atoms with Gasteiger partial charge in [-0.1, -0.05) is 41.4 Å². The van der Waals surface area contributed by atoms with E-state index in [0.717, 1.165) is 5.56 Å². The number of halogens is 2. The van der Waals surface area contributed by atoms with Crippen molar-refractivity contribution in [3.8, 4) is 17.2 Å². The molecule has 168 valence electrons. The predicted octanol–water partition coefficient (Wildman–Crippen LogP) is 3.32. The first kappa shape index (κ1) is 23.6. The Balaban J connectivity index is 1.33. The number of hydrogen-bond acceptors (Lipinski definition) is 6. The first-order chi connectivity index (χ1) is 15.4. The number of benzene rings is 2. The molecule has 8 nitrogen and oxygen atoms in total. The Morgan fingerprint density at radius 1 is 1.09 bits per heavy atom. The van der Waals surface area contributed by atoms with Crippen molar-refractivity contribution in [3.05, 3.63) is 70.5 Å². The minimum Gasteiger partial charge on any atom is -0.484 e. The van der Waals surface area contributed by atoms with Crippen LogP contribution < -0.4 is 15.4 Å². The first-order valence-electron chi connectivity index (χ1n) is 9.74. The zero-order valence-corrected chi connectivity index (χ0v) is 18.4. The number of nitrogens with one attached hydrogen (secondary N) is 2. The molecule has 1 aromatic heterocycles. The zero-order chi connectivity index (χ0) is 22.9. The molecule has 3 N–H and O–H groups in total. The van der Waals surface area contributed by atoms with Gasteiger partial charge in [0.05, 0.1) is 22.3 Å². The molecule has 0 spiro atoms. The minimum atomic E-state index is -0.848. The number of rotatable bonds is 10. The fourth-order valence-electron chi connectivity index (χ4n) is 2.63. The summed E-state index contributed by atoms with van der Waals surface area (Å²) in [6.45, 7) is -0.0342. The van der Waals surface area contributed by atoms with Crippen molar-refractivity contribution in [2.24, 2.45) is 0 Å². The Kier molecular flexibility index (Phi) is 8.49. The molecule has 0 radical (unpaired) electrons. The number of ether oxygens (including phenoxy) is 1. The van der Waals surface area contributed by atoms with Crippen LogP contribution in [0.2, 0.25) is 10.0 Å². The second-order valence-corrected chi connectivity index (χ2v) is 7.58. The average molecular weight is 478 g/mol. The van der Waals surface area contributed by atoms with E-state index in [4.69, 9.17) is 32.4 Å².